The second-order valence-corrected chi connectivity index (χ2v) is 7.05. The minimum absolute atomic E-state index is 0.107. The third-order valence-corrected chi connectivity index (χ3v) is 4.50. The average Bonchev–Trinajstić information content (AvgIpc) is 2.44. The summed E-state index contributed by atoms with van der Waals surface area (Å²) in [6.07, 6.45) is 0. The highest BCUT2D eigenvalue weighted by Crippen LogP contribution is 2.28. The highest BCUT2D eigenvalue weighted by molar-refractivity contribution is 8.00. The molecule has 2 aromatic carbocycles. The maximum atomic E-state index is 12.5. The van der Waals surface area contributed by atoms with Crippen LogP contribution in [0.1, 0.15) is 29.8 Å². The van der Waals surface area contributed by atoms with Gasteiger partial charge in [-0.3, -0.25) is 4.79 Å². The van der Waals surface area contributed by atoms with E-state index in [9.17, 15) is 4.79 Å². The van der Waals surface area contributed by atoms with Crippen molar-refractivity contribution in [3.63, 3.8) is 0 Å². The van der Waals surface area contributed by atoms with Crippen LogP contribution in [0.2, 0.25) is 5.02 Å². The fourth-order valence-electron chi connectivity index (χ4n) is 1.94. The number of anilines is 1. The van der Waals surface area contributed by atoms with Gasteiger partial charge >= 0.3 is 0 Å². The van der Waals surface area contributed by atoms with E-state index in [0.717, 1.165) is 16.1 Å². The zero-order valence-electron chi connectivity index (χ0n) is 12.3. The van der Waals surface area contributed by atoms with Crippen LogP contribution < -0.4 is 5.32 Å². The van der Waals surface area contributed by atoms with Crippen LogP contribution in [0, 0.1) is 6.92 Å². The standard InChI is InChI=1S/C17H18ClNOS/c1-11(2)21-16-10-5-4-7-13(16)17(20)19-15-9-6-8-14(18)12(15)3/h4-11H,1-3H3,(H,19,20). The lowest BCUT2D eigenvalue weighted by Gasteiger charge is -2.13. The first kappa shape index (κ1) is 15.9. The molecule has 0 atom stereocenters. The van der Waals surface area contributed by atoms with E-state index in [4.69, 9.17) is 11.6 Å². The topological polar surface area (TPSA) is 29.1 Å². The number of hydrogen-bond donors (Lipinski definition) is 1. The molecule has 0 bridgehead atoms. The van der Waals surface area contributed by atoms with Gasteiger partial charge in [0.1, 0.15) is 0 Å². The van der Waals surface area contributed by atoms with Gasteiger partial charge in [0, 0.05) is 20.9 Å². The highest BCUT2D eigenvalue weighted by Gasteiger charge is 2.14. The number of carbonyl (C=O) groups is 1. The summed E-state index contributed by atoms with van der Waals surface area (Å²) in [6, 6.07) is 13.2. The summed E-state index contributed by atoms with van der Waals surface area (Å²) in [5, 5.41) is 4.02. The zero-order chi connectivity index (χ0) is 15.4. The predicted molar refractivity (Wildman–Crippen MR) is 91.6 cm³/mol. The number of carbonyl (C=O) groups excluding carboxylic acids is 1. The van der Waals surface area contributed by atoms with Crippen molar-refractivity contribution in [2.45, 2.75) is 30.9 Å². The summed E-state index contributed by atoms with van der Waals surface area (Å²) in [5.74, 6) is -0.107. The molecule has 0 fully saturated rings. The molecule has 0 aromatic heterocycles. The van der Waals surface area contributed by atoms with Crippen molar-refractivity contribution in [3.8, 4) is 0 Å². The van der Waals surface area contributed by atoms with E-state index in [-0.39, 0.29) is 5.91 Å². The number of hydrogen-bond acceptors (Lipinski definition) is 2. The monoisotopic (exact) mass is 319 g/mol. The molecule has 1 amide bonds. The minimum Gasteiger partial charge on any atom is -0.322 e. The molecule has 0 saturated carbocycles. The van der Waals surface area contributed by atoms with Crippen LogP contribution in [0.15, 0.2) is 47.4 Å². The van der Waals surface area contributed by atoms with Crippen molar-refractivity contribution >= 4 is 35.0 Å². The second kappa shape index (κ2) is 7.01. The van der Waals surface area contributed by atoms with Crippen molar-refractivity contribution in [2.24, 2.45) is 0 Å². The number of halogens is 1. The van der Waals surface area contributed by atoms with Gasteiger partial charge in [0.05, 0.1) is 5.56 Å². The Kier molecular flexibility index (Phi) is 5.32. The van der Waals surface area contributed by atoms with Gasteiger partial charge in [-0.2, -0.15) is 0 Å². The highest BCUT2D eigenvalue weighted by atomic mass is 35.5. The van der Waals surface area contributed by atoms with Gasteiger partial charge in [-0.05, 0) is 36.8 Å². The Morgan fingerprint density at radius 1 is 1.14 bits per heavy atom. The average molecular weight is 320 g/mol. The first-order valence-corrected chi connectivity index (χ1v) is 8.07. The molecular weight excluding hydrogens is 302 g/mol. The molecule has 4 heteroatoms. The largest absolute Gasteiger partial charge is 0.322 e. The summed E-state index contributed by atoms with van der Waals surface area (Å²) < 4.78 is 0. The Hall–Kier alpha value is -1.45. The van der Waals surface area contributed by atoms with E-state index in [2.05, 4.69) is 19.2 Å². The number of nitrogens with one attached hydrogen (secondary N) is 1. The zero-order valence-corrected chi connectivity index (χ0v) is 13.9. The first-order valence-electron chi connectivity index (χ1n) is 6.81. The summed E-state index contributed by atoms with van der Waals surface area (Å²) in [5.41, 5.74) is 2.31. The smallest absolute Gasteiger partial charge is 0.256 e. The molecule has 2 rings (SSSR count). The lowest BCUT2D eigenvalue weighted by molar-refractivity contribution is 0.102. The van der Waals surface area contributed by atoms with E-state index in [1.807, 2.05) is 49.4 Å². The summed E-state index contributed by atoms with van der Waals surface area (Å²) >= 11 is 7.77. The van der Waals surface area contributed by atoms with Crippen molar-refractivity contribution in [2.75, 3.05) is 5.32 Å². The predicted octanol–water partition coefficient (Wildman–Crippen LogP) is 5.40. The lowest BCUT2D eigenvalue weighted by Crippen LogP contribution is -2.14. The molecule has 0 saturated heterocycles. The fraction of sp³-hybridized carbons (Fsp3) is 0.235. The summed E-state index contributed by atoms with van der Waals surface area (Å²) in [6.45, 7) is 6.12. The minimum atomic E-state index is -0.107. The van der Waals surface area contributed by atoms with Crippen LogP contribution in [0.3, 0.4) is 0 Å². The second-order valence-electron chi connectivity index (χ2n) is 5.03. The molecular formula is C17H18ClNOS. The summed E-state index contributed by atoms with van der Waals surface area (Å²) in [7, 11) is 0. The molecule has 1 N–H and O–H groups in total. The van der Waals surface area contributed by atoms with Gasteiger partial charge in [0.15, 0.2) is 0 Å². The van der Waals surface area contributed by atoms with Crippen LogP contribution in [0.25, 0.3) is 0 Å². The Bertz CT molecular complexity index is 655. The van der Waals surface area contributed by atoms with Crippen molar-refractivity contribution in [1.29, 1.82) is 0 Å². The van der Waals surface area contributed by atoms with Crippen molar-refractivity contribution in [3.05, 3.63) is 58.6 Å². The molecule has 0 unspecified atom stereocenters. The van der Waals surface area contributed by atoms with Crippen LogP contribution in [-0.4, -0.2) is 11.2 Å². The van der Waals surface area contributed by atoms with E-state index >= 15 is 0 Å². The number of thioether (sulfide) groups is 1. The molecule has 21 heavy (non-hydrogen) atoms. The number of benzene rings is 2. The van der Waals surface area contributed by atoms with Crippen LogP contribution >= 0.6 is 23.4 Å². The van der Waals surface area contributed by atoms with E-state index in [1.54, 1.807) is 11.8 Å². The van der Waals surface area contributed by atoms with Gasteiger partial charge < -0.3 is 5.32 Å². The lowest BCUT2D eigenvalue weighted by atomic mass is 10.1. The van der Waals surface area contributed by atoms with Crippen LogP contribution in [-0.2, 0) is 0 Å². The SMILES string of the molecule is Cc1c(Cl)cccc1NC(=O)c1ccccc1SC(C)C. The van der Waals surface area contributed by atoms with Gasteiger partial charge in [0.25, 0.3) is 5.91 Å². The maximum Gasteiger partial charge on any atom is 0.256 e. The van der Waals surface area contributed by atoms with Crippen LogP contribution in [0.4, 0.5) is 5.69 Å². The first-order chi connectivity index (χ1) is 9.99. The third kappa shape index (κ3) is 4.02. The number of rotatable bonds is 4. The Balaban J connectivity index is 2.27. The van der Waals surface area contributed by atoms with Gasteiger partial charge in [0.2, 0.25) is 0 Å². The molecule has 2 nitrogen and oxygen atoms in total. The molecule has 0 aliphatic heterocycles. The summed E-state index contributed by atoms with van der Waals surface area (Å²) in [4.78, 5) is 13.5. The Labute approximate surface area is 134 Å². The Morgan fingerprint density at radius 3 is 2.57 bits per heavy atom. The van der Waals surface area contributed by atoms with E-state index in [1.165, 1.54) is 0 Å². The van der Waals surface area contributed by atoms with Crippen LogP contribution in [0.5, 0.6) is 0 Å². The van der Waals surface area contributed by atoms with Gasteiger partial charge in [-0.1, -0.05) is 43.6 Å². The third-order valence-electron chi connectivity index (χ3n) is 3.01. The van der Waals surface area contributed by atoms with Gasteiger partial charge in [-0.25, -0.2) is 0 Å². The Morgan fingerprint density at radius 2 is 1.86 bits per heavy atom. The van der Waals surface area contributed by atoms with Gasteiger partial charge in [-0.15, -0.1) is 11.8 Å². The fourth-order valence-corrected chi connectivity index (χ4v) is 3.07. The van der Waals surface area contributed by atoms with Crippen molar-refractivity contribution < 1.29 is 4.79 Å². The maximum absolute atomic E-state index is 12.5. The molecule has 0 radical (unpaired) electrons. The molecule has 110 valence electrons. The van der Waals surface area contributed by atoms with E-state index in [0.29, 0.717) is 15.8 Å². The molecule has 0 spiro atoms. The van der Waals surface area contributed by atoms with Crippen molar-refractivity contribution in [1.82, 2.24) is 0 Å². The molecule has 0 aliphatic rings. The number of amides is 1. The van der Waals surface area contributed by atoms with E-state index < -0.39 is 0 Å². The normalized spacial score (nSPS) is 10.7. The molecule has 2 aromatic rings. The molecule has 0 aliphatic carbocycles. The molecule has 0 heterocycles. The quantitative estimate of drug-likeness (QED) is 0.764.